The Morgan fingerprint density at radius 3 is 2.39 bits per heavy atom. The number of aryl methyl sites for hydroxylation is 3. The fraction of sp³-hybridized carbons (Fsp3) is 0.208. The second-order valence-corrected chi connectivity index (χ2v) is 8.35. The Morgan fingerprint density at radius 2 is 1.77 bits per heavy atom. The minimum Gasteiger partial charge on any atom is -0.497 e. The standard InChI is InChI=1S/C24H23N3O3S/c1-15-9-16(2)11-19(10-15)27-23(28)22(13-18-5-7-20(29-4)8-6-18)25-24(27)31-14-21-12-17(3)26-30-21/h5-13H,14H2,1-4H3/b22-13-. The van der Waals surface area contributed by atoms with Crippen LogP contribution in [0.25, 0.3) is 6.08 Å². The second kappa shape index (κ2) is 8.81. The van der Waals surface area contributed by atoms with Crippen LogP contribution in [0.1, 0.15) is 28.1 Å². The number of carbonyl (C=O) groups is 1. The van der Waals surface area contributed by atoms with Crippen LogP contribution in [-0.4, -0.2) is 23.3 Å². The van der Waals surface area contributed by atoms with Gasteiger partial charge in [0.2, 0.25) is 0 Å². The maximum Gasteiger partial charge on any atom is 0.283 e. The Balaban J connectivity index is 1.68. The minimum absolute atomic E-state index is 0.155. The van der Waals surface area contributed by atoms with E-state index in [-0.39, 0.29) is 5.91 Å². The first-order valence-corrected chi connectivity index (χ1v) is 10.8. The molecule has 0 saturated carbocycles. The summed E-state index contributed by atoms with van der Waals surface area (Å²) in [5.41, 5.74) is 5.08. The van der Waals surface area contributed by atoms with Crippen LogP contribution in [0.4, 0.5) is 5.69 Å². The summed E-state index contributed by atoms with van der Waals surface area (Å²) in [5, 5.41) is 4.55. The highest BCUT2D eigenvalue weighted by Crippen LogP contribution is 2.32. The number of amides is 1. The van der Waals surface area contributed by atoms with Crippen molar-refractivity contribution in [2.24, 2.45) is 4.99 Å². The number of amidine groups is 1. The predicted molar refractivity (Wildman–Crippen MR) is 124 cm³/mol. The first-order chi connectivity index (χ1) is 14.9. The lowest BCUT2D eigenvalue weighted by atomic mass is 10.1. The van der Waals surface area contributed by atoms with Gasteiger partial charge in [-0.1, -0.05) is 35.1 Å². The summed E-state index contributed by atoms with van der Waals surface area (Å²) in [5.74, 6) is 1.88. The van der Waals surface area contributed by atoms with Crippen LogP contribution in [0.5, 0.6) is 5.75 Å². The zero-order chi connectivity index (χ0) is 22.0. The molecule has 1 aliphatic heterocycles. The topological polar surface area (TPSA) is 67.9 Å². The van der Waals surface area contributed by atoms with E-state index in [1.54, 1.807) is 18.1 Å². The average molecular weight is 434 g/mol. The number of carbonyl (C=O) groups excluding carboxylic acids is 1. The lowest BCUT2D eigenvalue weighted by Crippen LogP contribution is -2.30. The van der Waals surface area contributed by atoms with Crippen LogP contribution in [0.3, 0.4) is 0 Å². The minimum atomic E-state index is -0.155. The summed E-state index contributed by atoms with van der Waals surface area (Å²) in [6.07, 6.45) is 1.80. The highest BCUT2D eigenvalue weighted by atomic mass is 32.2. The normalized spacial score (nSPS) is 15.0. The zero-order valence-electron chi connectivity index (χ0n) is 17.9. The molecule has 1 amide bonds. The molecule has 1 aromatic heterocycles. The lowest BCUT2D eigenvalue weighted by Gasteiger charge is -2.18. The van der Waals surface area contributed by atoms with Crippen molar-refractivity contribution in [3.8, 4) is 5.75 Å². The van der Waals surface area contributed by atoms with Gasteiger partial charge < -0.3 is 9.26 Å². The second-order valence-electron chi connectivity index (χ2n) is 7.41. The van der Waals surface area contributed by atoms with E-state index in [9.17, 15) is 4.79 Å². The molecule has 31 heavy (non-hydrogen) atoms. The van der Waals surface area contributed by atoms with Gasteiger partial charge in [0, 0.05) is 6.07 Å². The zero-order valence-corrected chi connectivity index (χ0v) is 18.7. The van der Waals surface area contributed by atoms with Crippen molar-refractivity contribution in [1.29, 1.82) is 0 Å². The Labute approximate surface area is 185 Å². The number of hydrogen-bond acceptors (Lipinski definition) is 6. The van der Waals surface area contributed by atoms with Gasteiger partial charge in [0.15, 0.2) is 5.17 Å². The van der Waals surface area contributed by atoms with Crippen molar-refractivity contribution in [2.45, 2.75) is 26.5 Å². The molecule has 0 radical (unpaired) electrons. The lowest BCUT2D eigenvalue weighted by molar-refractivity contribution is -0.113. The molecule has 0 unspecified atom stereocenters. The fourth-order valence-electron chi connectivity index (χ4n) is 3.38. The molecule has 2 aromatic carbocycles. The number of nitrogens with zero attached hydrogens (tertiary/aromatic N) is 3. The third-order valence-corrected chi connectivity index (χ3v) is 5.69. The largest absolute Gasteiger partial charge is 0.497 e. The summed E-state index contributed by atoms with van der Waals surface area (Å²) in [6, 6.07) is 15.5. The van der Waals surface area contributed by atoms with Crippen molar-refractivity contribution in [1.82, 2.24) is 5.16 Å². The molecule has 0 aliphatic carbocycles. The molecule has 2 heterocycles. The van der Waals surface area contributed by atoms with Crippen LogP contribution < -0.4 is 9.64 Å². The Kier molecular flexibility index (Phi) is 5.95. The number of thioether (sulfide) groups is 1. The molecule has 6 nitrogen and oxygen atoms in total. The molecule has 4 rings (SSSR count). The average Bonchev–Trinajstić information content (AvgIpc) is 3.29. The predicted octanol–water partition coefficient (Wildman–Crippen LogP) is 5.29. The number of anilines is 1. The van der Waals surface area contributed by atoms with Crippen molar-refractivity contribution < 1.29 is 14.1 Å². The van der Waals surface area contributed by atoms with E-state index in [4.69, 9.17) is 9.26 Å². The van der Waals surface area contributed by atoms with Gasteiger partial charge in [0.1, 0.15) is 17.2 Å². The van der Waals surface area contributed by atoms with Crippen molar-refractivity contribution in [3.05, 3.63) is 82.4 Å². The molecule has 0 fully saturated rings. The SMILES string of the molecule is COc1ccc(/C=C2\N=C(SCc3cc(C)no3)N(c3cc(C)cc(C)c3)C2=O)cc1. The molecular weight excluding hydrogens is 410 g/mol. The molecule has 0 spiro atoms. The van der Waals surface area contributed by atoms with E-state index in [1.807, 2.05) is 63.2 Å². The first kappa shape index (κ1) is 20.9. The van der Waals surface area contributed by atoms with E-state index in [0.29, 0.717) is 16.6 Å². The smallest absolute Gasteiger partial charge is 0.283 e. The van der Waals surface area contributed by atoms with Crippen LogP contribution in [0.15, 0.2) is 63.7 Å². The molecular formula is C24H23N3O3S. The monoisotopic (exact) mass is 433 g/mol. The summed E-state index contributed by atoms with van der Waals surface area (Å²) in [4.78, 5) is 19.7. The number of aromatic nitrogens is 1. The van der Waals surface area contributed by atoms with Crippen LogP contribution >= 0.6 is 11.8 Å². The number of methoxy groups -OCH3 is 1. The molecule has 0 saturated heterocycles. The highest BCUT2D eigenvalue weighted by molar-refractivity contribution is 8.13. The third-order valence-electron chi connectivity index (χ3n) is 4.73. The first-order valence-electron chi connectivity index (χ1n) is 9.85. The van der Waals surface area contributed by atoms with Gasteiger partial charge in [-0.15, -0.1) is 0 Å². The van der Waals surface area contributed by atoms with Crippen molar-refractivity contribution >= 4 is 34.6 Å². The maximum atomic E-state index is 13.4. The van der Waals surface area contributed by atoms with E-state index in [1.165, 1.54) is 11.8 Å². The van der Waals surface area contributed by atoms with Gasteiger partial charge in [-0.25, -0.2) is 4.99 Å². The Morgan fingerprint density at radius 1 is 1.06 bits per heavy atom. The number of rotatable bonds is 5. The van der Waals surface area contributed by atoms with Gasteiger partial charge >= 0.3 is 0 Å². The van der Waals surface area contributed by atoms with E-state index < -0.39 is 0 Å². The van der Waals surface area contributed by atoms with E-state index in [2.05, 4.69) is 16.2 Å². The molecule has 0 N–H and O–H groups in total. The van der Waals surface area contributed by atoms with Gasteiger partial charge in [-0.2, -0.15) is 0 Å². The van der Waals surface area contributed by atoms with Crippen LogP contribution in [0, 0.1) is 20.8 Å². The van der Waals surface area contributed by atoms with Gasteiger partial charge in [-0.3, -0.25) is 9.69 Å². The van der Waals surface area contributed by atoms with E-state index in [0.717, 1.165) is 39.6 Å². The molecule has 1 aliphatic rings. The summed E-state index contributed by atoms with van der Waals surface area (Å²) >= 11 is 1.45. The molecule has 0 bridgehead atoms. The Bertz CT molecular complexity index is 1160. The number of hydrogen-bond donors (Lipinski definition) is 0. The fourth-order valence-corrected chi connectivity index (χ4v) is 4.27. The van der Waals surface area contributed by atoms with E-state index >= 15 is 0 Å². The van der Waals surface area contributed by atoms with Gasteiger partial charge in [0.05, 0.1) is 24.2 Å². The summed E-state index contributed by atoms with van der Waals surface area (Å²) < 4.78 is 10.5. The molecule has 7 heteroatoms. The molecule has 158 valence electrons. The maximum absolute atomic E-state index is 13.4. The van der Waals surface area contributed by atoms with Crippen molar-refractivity contribution in [2.75, 3.05) is 12.0 Å². The highest BCUT2D eigenvalue weighted by Gasteiger charge is 2.32. The third kappa shape index (κ3) is 4.72. The van der Waals surface area contributed by atoms with Crippen LogP contribution in [-0.2, 0) is 10.5 Å². The number of benzene rings is 2. The summed E-state index contributed by atoms with van der Waals surface area (Å²) in [6.45, 7) is 5.92. The summed E-state index contributed by atoms with van der Waals surface area (Å²) in [7, 11) is 1.62. The van der Waals surface area contributed by atoms with Crippen molar-refractivity contribution in [3.63, 3.8) is 0 Å². The number of aliphatic imine (C=N–C) groups is 1. The molecule has 3 aromatic rings. The van der Waals surface area contributed by atoms with Crippen LogP contribution in [0.2, 0.25) is 0 Å². The molecule has 0 atom stereocenters. The Hall–Kier alpha value is -3.32. The van der Waals surface area contributed by atoms with Gasteiger partial charge in [0.25, 0.3) is 5.91 Å². The number of ether oxygens (including phenoxy) is 1. The quantitative estimate of drug-likeness (QED) is 0.512. The van der Waals surface area contributed by atoms with Gasteiger partial charge in [-0.05, 0) is 67.8 Å².